The highest BCUT2D eigenvalue weighted by atomic mass is 35.5. The van der Waals surface area contributed by atoms with Crippen LogP contribution in [-0.2, 0) is 15.2 Å². The van der Waals surface area contributed by atoms with E-state index in [4.69, 9.17) is 17.3 Å². The molecule has 1 aromatic carbocycles. The van der Waals surface area contributed by atoms with Gasteiger partial charge in [0.15, 0.2) is 0 Å². The Kier molecular flexibility index (Phi) is 6.79. The normalized spacial score (nSPS) is 24.0. The number of amides is 2. The maximum Gasteiger partial charge on any atom is 0.245 e. The Morgan fingerprint density at radius 1 is 1.21 bits per heavy atom. The smallest absolute Gasteiger partial charge is 0.245 e. The zero-order valence-electron chi connectivity index (χ0n) is 17.3. The third-order valence-electron chi connectivity index (χ3n) is 5.73. The molecule has 0 aliphatic carbocycles. The van der Waals surface area contributed by atoms with Crippen molar-refractivity contribution in [2.24, 2.45) is 17.1 Å². The molecule has 6 nitrogen and oxygen atoms in total. The van der Waals surface area contributed by atoms with E-state index >= 15 is 0 Å². The minimum atomic E-state index is -1.07. The SMILES string of the molecule is CC(C)[C@@H](NC(=O)[C@H](C)N)C(=O)N1CC[C@](O)(c2ccc(Cl)cc2)C(C)(C)C1. The summed E-state index contributed by atoms with van der Waals surface area (Å²) in [7, 11) is 0. The highest BCUT2D eigenvalue weighted by Gasteiger charge is 2.50. The molecule has 156 valence electrons. The first-order valence-electron chi connectivity index (χ1n) is 9.72. The lowest BCUT2D eigenvalue weighted by Crippen LogP contribution is -2.61. The van der Waals surface area contributed by atoms with Gasteiger partial charge < -0.3 is 21.1 Å². The summed E-state index contributed by atoms with van der Waals surface area (Å²) >= 11 is 5.98. The van der Waals surface area contributed by atoms with Crippen molar-refractivity contribution in [1.29, 1.82) is 0 Å². The zero-order chi connectivity index (χ0) is 21.3. The van der Waals surface area contributed by atoms with Crippen molar-refractivity contribution < 1.29 is 14.7 Å². The molecule has 7 heteroatoms. The molecule has 0 bridgehead atoms. The Labute approximate surface area is 172 Å². The second-order valence-corrected chi connectivity index (χ2v) is 9.22. The van der Waals surface area contributed by atoms with E-state index in [-0.39, 0.29) is 17.7 Å². The molecule has 1 aliphatic heterocycles. The zero-order valence-corrected chi connectivity index (χ0v) is 18.1. The maximum atomic E-state index is 13.1. The van der Waals surface area contributed by atoms with E-state index in [9.17, 15) is 14.7 Å². The molecule has 1 fully saturated rings. The topological polar surface area (TPSA) is 95.7 Å². The van der Waals surface area contributed by atoms with Gasteiger partial charge in [-0.2, -0.15) is 0 Å². The van der Waals surface area contributed by atoms with E-state index in [2.05, 4.69) is 5.32 Å². The van der Waals surface area contributed by atoms with Gasteiger partial charge in [0, 0.05) is 23.5 Å². The summed E-state index contributed by atoms with van der Waals surface area (Å²) in [6.45, 7) is 10.1. The van der Waals surface area contributed by atoms with Crippen LogP contribution in [0.4, 0.5) is 0 Å². The molecule has 1 saturated heterocycles. The summed E-state index contributed by atoms with van der Waals surface area (Å²) in [5.41, 5.74) is 4.77. The maximum absolute atomic E-state index is 13.1. The fourth-order valence-corrected chi connectivity index (χ4v) is 3.89. The highest BCUT2D eigenvalue weighted by Crippen LogP contribution is 2.46. The predicted octanol–water partition coefficient (Wildman–Crippen LogP) is 2.27. The molecule has 1 aliphatic rings. The van der Waals surface area contributed by atoms with Gasteiger partial charge in [0.1, 0.15) is 6.04 Å². The predicted molar refractivity (Wildman–Crippen MR) is 111 cm³/mol. The molecule has 4 N–H and O–H groups in total. The van der Waals surface area contributed by atoms with Crippen molar-refractivity contribution in [3.8, 4) is 0 Å². The Hall–Kier alpha value is -1.63. The monoisotopic (exact) mass is 409 g/mol. The van der Waals surface area contributed by atoms with Crippen molar-refractivity contribution in [3.05, 3.63) is 34.9 Å². The van der Waals surface area contributed by atoms with Gasteiger partial charge >= 0.3 is 0 Å². The lowest BCUT2D eigenvalue weighted by molar-refractivity contribution is -0.156. The molecule has 0 radical (unpaired) electrons. The highest BCUT2D eigenvalue weighted by molar-refractivity contribution is 6.30. The first-order chi connectivity index (χ1) is 12.9. The third-order valence-corrected chi connectivity index (χ3v) is 5.98. The van der Waals surface area contributed by atoms with Crippen molar-refractivity contribution in [1.82, 2.24) is 10.2 Å². The van der Waals surface area contributed by atoms with Crippen LogP contribution in [0.15, 0.2) is 24.3 Å². The van der Waals surface area contributed by atoms with Gasteiger partial charge in [-0.05, 0) is 37.0 Å². The number of likely N-dealkylation sites (tertiary alicyclic amines) is 1. The van der Waals surface area contributed by atoms with Crippen LogP contribution >= 0.6 is 11.6 Å². The number of carbonyl (C=O) groups is 2. The molecule has 1 aromatic rings. The fourth-order valence-electron chi connectivity index (χ4n) is 3.77. The number of halogens is 1. The number of aliphatic hydroxyl groups is 1. The van der Waals surface area contributed by atoms with Crippen LogP contribution in [0.2, 0.25) is 5.02 Å². The Morgan fingerprint density at radius 2 is 1.79 bits per heavy atom. The first-order valence-corrected chi connectivity index (χ1v) is 10.1. The molecule has 0 spiro atoms. The standard InChI is InChI=1S/C21H32ClN3O3/c1-13(2)17(24-18(26)14(3)23)19(27)25-11-10-21(28,20(4,5)12-25)15-6-8-16(22)9-7-15/h6-9,13-14,17,28H,10-12,23H2,1-5H3,(H,24,26)/t14-,17+,21-/m0/s1. The molecule has 0 aromatic heterocycles. The molecule has 3 atom stereocenters. The number of nitrogens with two attached hydrogens (primary N) is 1. The largest absolute Gasteiger partial charge is 0.384 e. The van der Waals surface area contributed by atoms with Crippen LogP contribution < -0.4 is 11.1 Å². The fraction of sp³-hybridized carbons (Fsp3) is 0.619. The van der Waals surface area contributed by atoms with Crippen LogP contribution in [0.3, 0.4) is 0 Å². The molecule has 0 saturated carbocycles. The quantitative estimate of drug-likeness (QED) is 0.695. The minimum Gasteiger partial charge on any atom is -0.384 e. The van der Waals surface area contributed by atoms with Gasteiger partial charge in [-0.15, -0.1) is 0 Å². The van der Waals surface area contributed by atoms with Crippen molar-refractivity contribution in [2.45, 2.75) is 58.7 Å². The van der Waals surface area contributed by atoms with Gasteiger partial charge in [0.25, 0.3) is 0 Å². The molecule has 2 amide bonds. The number of hydrogen-bond acceptors (Lipinski definition) is 4. The lowest BCUT2D eigenvalue weighted by Gasteiger charge is -2.51. The van der Waals surface area contributed by atoms with Crippen molar-refractivity contribution >= 4 is 23.4 Å². The average molecular weight is 410 g/mol. The second kappa shape index (κ2) is 8.39. The Morgan fingerprint density at radius 3 is 2.25 bits per heavy atom. The minimum absolute atomic E-state index is 0.0737. The summed E-state index contributed by atoms with van der Waals surface area (Å²) in [6, 6.07) is 5.88. The van der Waals surface area contributed by atoms with E-state index in [1.54, 1.807) is 24.0 Å². The number of nitrogens with zero attached hydrogens (tertiary/aromatic N) is 1. The van der Waals surface area contributed by atoms with Gasteiger partial charge in [-0.25, -0.2) is 0 Å². The molecular formula is C21H32ClN3O3. The number of rotatable bonds is 5. The van der Waals surface area contributed by atoms with E-state index in [1.807, 2.05) is 39.8 Å². The van der Waals surface area contributed by atoms with Crippen LogP contribution in [-0.4, -0.2) is 47.0 Å². The van der Waals surface area contributed by atoms with Gasteiger partial charge in [0.2, 0.25) is 11.8 Å². The molecule has 28 heavy (non-hydrogen) atoms. The van der Waals surface area contributed by atoms with E-state index in [0.717, 1.165) is 5.56 Å². The van der Waals surface area contributed by atoms with Gasteiger partial charge in [-0.1, -0.05) is 51.4 Å². The number of nitrogens with one attached hydrogen (secondary N) is 1. The molecule has 2 rings (SSSR count). The Bertz CT molecular complexity index is 718. The van der Waals surface area contributed by atoms with Crippen LogP contribution in [0.1, 0.15) is 46.6 Å². The summed E-state index contributed by atoms with van der Waals surface area (Å²) in [5.74, 6) is -0.563. The van der Waals surface area contributed by atoms with Crippen LogP contribution in [0.5, 0.6) is 0 Å². The van der Waals surface area contributed by atoms with Crippen LogP contribution in [0, 0.1) is 11.3 Å². The van der Waals surface area contributed by atoms with E-state index in [0.29, 0.717) is 24.5 Å². The summed E-state index contributed by atoms with van der Waals surface area (Å²) in [6.07, 6.45) is 0.402. The number of carbonyl (C=O) groups excluding carboxylic acids is 2. The summed E-state index contributed by atoms with van der Waals surface area (Å²) in [5, 5.41) is 14.8. The number of hydrogen-bond donors (Lipinski definition) is 3. The first kappa shape index (κ1) is 22.7. The van der Waals surface area contributed by atoms with Gasteiger partial charge in [-0.3, -0.25) is 9.59 Å². The molecule has 1 heterocycles. The van der Waals surface area contributed by atoms with Crippen LogP contribution in [0.25, 0.3) is 0 Å². The number of benzene rings is 1. The van der Waals surface area contributed by atoms with Crippen molar-refractivity contribution in [2.75, 3.05) is 13.1 Å². The summed E-state index contributed by atoms with van der Waals surface area (Å²) < 4.78 is 0. The summed E-state index contributed by atoms with van der Waals surface area (Å²) in [4.78, 5) is 26.9. The number of piperidine rings is 1. The lowest BCUT2D eigenvalue weighted by atomic mass is 9.66. The van der Waals surface area contributed by atoms with Gasteiger partial charge in [0.05, 0.1) is 11.6 Å². The Balaban J connectivity index is 2.21. The van der Waals surface area contributed by atoms with Crippen molar-refractivity contribution in [3.63, 3.8) is 0 Å². The molecule has 0 unspecified atom stereocenters. The van der Waals surface area contributed by atoms with E-state index in [1.165, 1.54) is 0 Å². The third kappa shape index (κ3) is 4.50. The van der Waals surface area contributed by atoms with E-state index < -0.39 is 23.1 Å². The average Bonchev–Trinajstić information content (AvgIpc) is 2.61. The second-order valence-electron chi connectivity index (χ2n) is 8.78. The molecular weight excluding hydrogens is 378 g/mol.